The largest absolute Gasteiger partial charge is 0.364 e. The lowest BCUT2D eigenvalue weighted by molar-refractivity contribution is -0.0425. The van der Waals surface area contributed by atoms with Crippen LogP contribution in [-0.2, 0) is 6.54 Å². The molecule has 9 heteroatoms. The number of carbonyl (C=O) groups excluding carboxylic acids is 1. The van der Waals surface area contributed by atoms with Crippen LogP contribution in [0.4, 0.5) is 0 Å². The Morgan fingerprint density at radius 1 is 1.13 bits per heavy atom. The van der Waals surface area contributed by atoms with Crippen molar-refractivity contribution in [3.8, 4) is 17.1 Å². The van der Waals surface area contributed by atoms with E-state index in [0.717, 1.165) is 16.8 Å². The molecule has 0 bridgehead atoms. The first-order chi connectivity index (χ1) is 15.0. The van der Waals surface area contributed by atoms with E-state index >= 15 is 0 Å². The molecule has 1 amide bonds. The van der Waals surface area contributed by atoms with Gasteiger partial charge in [-0.15, -0.1) is 0 Å². The Labute approximate surface area is 176 Å². The summed E-state index contributed by atoms with van der Waals surface area (Å²) in [6.45, 7) is 0.221. The van der Waals surface area contributed by atoms with Gasteiger partial charge in [0.2, 0.25) is 0 Å². The summed E-state index contributed by atoms with van der Waals surface area (Å²) in [6, 6.07) is 14.7. The van der Waals surface area contributed by atoms with Gasteiger partial charge in [0.25, 0.3) is 5.91 Å². The molecule has 9 nitrogen and oxygen atoms in total. The highest BCUT2D eigenvalue weighted by atomic mass is 16.5. The van der Waals surface area contributed by atoms with Crippen LogP contribution in [0.3, 0.4) is 0 Å². The number of benzene rings is 1. The van der Waals surface area contributed by atoms with Gasteiger partial charge in [0.05, 0.1) is 11.9 Å². The van der Waals surface area contributed by atoms with Crippen LogP contribution in [0.25, 0.3) is 17.1 Å². The maximum absolute atomic E-state index is 12.4. The van der Waals surface area contributed by atoms with Gasteiger partial charge < -0.3 is 20.5 Å². The Balaban J connectivity index is 1.42. The number of aliphatic hydroxyl groups is 2. The molecule has 156 valence electrons. The predicted octanol–water partition coefficient (Wildman–Crippen LogP) is 1.54. The predicted molar refractivity (Wildman–Crippen MR) is 112 cm³/mol. The fourth-order valence-corrected chi connectivity index (χ4v) is 2.96. The van der Waals surface area contributed by atoms with E-state index in [-0.39, 0.29) is 23.5 Å². The number of nitrogens with one attached hydrogen (secondary N) is 2. The molecule has 0 atom stereocenters. The van der Waals surface area contributed by atoms with Crippen LogP contribution in [-0.4, -0.2) is 35.9 Å². The minimum Gasteiger partial charge on any atom is -0.364 e. The molecule has 0 saturated heterocycles. The summed E-state index contributed by atoms with van der Waals surface area (Å²) in [4.78, 5) is 32.0. The second kappa shape index (κ2) is 8.74. The van der Waals surface area contributed by atoms with Gasteiger partial charge in [-0.3, -0.25) is 14.6 Å². The minimum absolute atomic E-state index is 0.0489. The zero-order chi connectivity index (χ0) is 21.8. The molecule has 0 saturated carbocycles. The molecule has 0 unspecified atom stereocenters. The lowest BCUT2D eigenvalue weighted by Crippen LogP contribution is -2.28. The zero-order valence-electron chi connectivity index (χ0n) is 16.3. The van der Waals surface area contributed by atoms with Crippen molar-refractivity contribution >= 4 is 5.91 Å². The standard InChI is InChI=1S/C22H19N5O4/c28-19-8-20(27-13-16(11-26-27)22(30)31)24-12-17(19)21(29)25-10-14-6-7-18(23-9-14)15-4-2-1-3-5-15/h1-9,11-13,22,30-31H,10H2,(H,24,28)(H,25,29). The maximum atomic E-state index is 12.4. The lowest BCUT2D eigenvalue weighted by Gasteiger charge is -2.07. The third-order valence-corrected chi connectivity index (χ3v) is 4.64. The smallest absolute Gasteiger partial charge is 0.257 e. The van der Waals surface area contributed by atoms with E-state index < -0.39 is 17.6 Å². The Morgan fingerprint density at radius 3 is 2.58 bits per heavy atom. The van der Waals surface area contributed by atoms with Gasteiger partial charge in [-0.25, -0.2) is 4.68 Å². The van der Waals surface area contributed by atoms with Gasteiger partial charge >= 0.3 is 0 Å². The summed E-state index contributed by atoms with van der Waals surface area (Å²) < 4.78 is 1.28. The molecule has 3 heterocycles. The van der Waals surface area contributed by atoms with Crippen molar-refractivity contribution < 1.29 is 15.0 Å². The van der Waals surface area contributed by atoms with E-state index in [0.29, 0.717) is 0 Å². The van der Waals surface area contributed by atoms with Crippen LogP contribution in [0, 0.1) is 0 Å². The van der Waals surface area contributed by atoms with E-state index in [4.69, 9.17) is 10.2 Å². The highest BCUT2D eigenvalue weighted by molar-refractivity contribution is 5.93. The number of hydrogen-bond donors (Lipinski definition) is 4. The van der Waals surface area contributed by atoms with Crippen molar-refractivity contribution in [2.45, 2.75) is 12.8 Å². The molecule has 0 aliphatic rings. The summed E-state index contributed by atoms with van der Waals surface area (Å²) in [6.07, 6.45) is 3.94. The van der Waals surface area contributed by atoms with Crippen LogP contribution in [0.15, 0.2) is 78.1 Å². The van der Waals surface area contributed by atoms with Gasteiger partial charge in [0.1, 0.15) is 11.4 Å². The molecule has 0 radical (unpaired) electrons. The second-order valence-electron chi connectivity index (χ2n) is 6.79. The molecule has 0 aliphatic heterocycles. The number of carbonyl (C=O) groups is 1. The first-order valence-electron chi connectivity index (χ1n) is 9.43. The van der Waals surface area contributed by atoms with Crippen molar-refractivity contribution in [2.75, 3.05) is 0 Å². The van der Waals surface area contributed by atoms with Crippen molar-refractivity contribution in [2.24, 2.45) is 0 Å². The number of rotatable bonds is 6. The fraction of sp³-hybridized carbons (Fsp3) is 0.0909. The molecule has 4 aromatic rings. The Kier molecular flexibility index (Phi) is 5.69. The first-order valence-corrected chi connectivity index (χ1v) is 9.43. The number of pyridine rings is 2. The molecule has 4 N–H and O–H groups in total. The topological polar surface area (TPSA) is 133 Å². The first kappa shape index (κ1) is 20.2. The Hall–Kier alpha value is -4.08. The monoisotopic (exact) mass is 417 g/mol. The SMILES string of the molecule is O=C(NCc1ccc(-c2ccccc2)nc1)c1c[nH]c(-n2cc(C(O)O)cn2)cc1=O. The summed E-state index contributed by atoms with van der Waals surface area (Å²) in [5.74, 6) is -0.235. The van der Waals surface area contributed by atoms with Crippen LogP contribution < -0.4 is 10.7 Å². The Bertz CT molecular complexity index is 1250. The van der Waals surface area contributed by atoms with E-state index in [9.17, 15) is 9.59 Å². The molecular formula is C22H19N5O4. The van der Waals surface area contributed by atoms with Gasteiger partial charge in [-0.1, -0.05) is 36.4 Å². The highest BCUT2D eigenvalue weighted by Gasteiger charge is 2.13. The van der Waals surface area contributed by atoms with Crippen molar-refractivity contribution in [1.29, 1.82) is 0 Å². The normalized spacial score (nSPS) is 10.9. The number of aromatic amines is 1. The number of H-pyrrole nitrogens is 1. The zero-order valence-corrected chi connectivity index (χ0v) is 16.3. The van der Waals surface area contributed by atoms with E-state index in [1.165, 1.54) is 29.3 Å². The van der Waals surface area contributed by atoms with E-state index in [2.05, 4.69) is 20.4 Å². The van der Waals surface area contributed by atoms with Gasteiger partial charge in [-0.05, 0) is 11.6 Å². The molecule has 4 rings (SSSR count). The summed E-state index contributed by atoms with van der Waals surface area (Å²) in [5.41, 5.74) is 2.26. The van der Waals surface area contributed by atoms with Crippen molar-refractivity contribution in [3.63, 3.8) is 0 Å². The number of amides is 1. The van der Waals surface area contributed by atoms with Crippen LogP contribution in [0.1, 0.15) is 27.8 Å². The van der Waals surface area contributed by atoms with Crippen molar-refractivity contribution in [3.05, 3.63) is 100 Å². The summed E-state index contributed by atoms with van der Waals surface area (Å²) in [5, 5.41) is 25.0. The molecule has 1 aromatic carbocycles. The summed E-state index contributed by atoms with van der Waals surface area (Å²) in [7, 11) is 0. The number of nitrogens with zero attached hydrogens (tertiary/aromatic N) is 3. The van der Waals surface area contributed by atoms with E-state index in [1.807, 2.05) is 42.5 Å². The molecule has 0 aliphatic carbocycles. The van der Waals surface area contributed by atoms with Gasteiger partial charge in [-0.2, -0.15) is 5.10 Å². The third-order valence-electron chi connectivity index (χ3n) is 4.64. The number of aliphatic hydroxyl groups excluding tert-OH is 1. The van der Waals surface area contributed by atoms with Gasteiger partial charge in [0.15, 0.2) is 11.7 Å². The highest BCUT2D eigenvalue weighted by Crippen LogP contribution is 2.16. The van der Waals surface area contributed by atoms with E-state index in [1.54, 1.807) is 6.20 Å². The fourth-order valence-electron chi connectivity index (χ4n) is 2.96. The number of hydrogen-bond acceptors (Lipinski definition) is 6. The Morgan fingerprint density at radius 2 is 1.94 bits per heavy atom. The average Bonchev–Trinajstić information content (AvgIpc) is 3.29. The molecular weight excluding hydrogens is 398 g/mol. The molecule has 0 spiro atoms. The average molecular weight is 417 g/mol. The molecule has 0 fully saturated rings. The van der Waals surface area contributed by atoms with Crippen LogP contribution >= 0.6 is 0 Å². The maximum Gasteiger partial charge on any atom is 0.257 e. The quantitative estimate of drug-likeness (QED) is 0.352. The molecule has 31 heavy (non-hydrogen) atoms. The van der Waals surface area contributed by atoms with Crippen LogP contribution in [0.2, 0.25) is 0 Å². The lowest BCUT2D eigenvalue weighted by atomic mass is 10.1. The van der Waals surface area contributed by atoms with Crippen molar-refractivity contribution in [1.82, 2.24) is 25.1 Å². The minimum atomic E-state index is -1.67. The third kappa shape index (κ3) is 4.58. The number of aromatic nitrogens is 4. The van der Waals surface area contributed by atoms with Gasteiger partial charge in [0, 0.05) is 42.3 Å². The second-order valence-corrected chi connectivity index (χ2v) is 6.79. The van der Waals surface area contributed by atoms with Crippen LogP contribution in [0.5, 0.6) is 0 Å². The summed E-state index contributed by atoms with van der Waals surface area (Å²) >= 11 is 0. The molecule has 3 aromatic heterocycles.